The number of carbonyl (C=O) groups excluding carboxylic acids is 2. The number of benzene rings is 2. The van der Waals surface area contributed by atoms with Crippen molar-refractivity contribution in [3.05, 3.63) is 65.2 Å². The van der Waals surface area contributed by atoms with E-state index < -0.39 is 12.1 Å². The summed E-state index contributed by atoms with van der Waals surface area (Å²) in [6.45, 7) is 2.24. The fourth-order valence-electron chi connectivity index (χ4n) is 2.91. The first-order valence-electron chi connectivity index (χ1n) is 8.30. The van der Waals surface area contributed by atoms with Crippen LogP contribution in [0, 0.1) is 18.6 Å². The maximum absolute atomic E-state index is 13.4. The molecule has 1 heterocycles. The second-order valence-electron chi connectivity index (χ2n) is 6.22. The molecule has 5 nitrogen and oxygen atoms in total. The molecule has 0 aliphatic carbocycles. The zero-order valence-corrected chi connectivity index (χ0v) is 14.3. The number of nitrogens with one attached hydrogen (secondary N) is 2. The Morgan fingerprint density at radius 2 is 2.04 bits per heavy atom. The predicted octanol–water partition coefficient (Wildman–Crippen LogP) is 2.88. The average molecular weight is 359 g/mol. The molecule has 0 aromatic heterocycles. The number of anilines is 1. The normalized spacial score (nSPS) is 16.7. The van der Waals surface area contributed by atoms with E-state index >= 15 is 0 Å². The van der Waals surface area contributed by atoms with Gasteiger partial charge < -0.3 is 15.5 Å². The number of rotatable bonds is 4. The van der Waals surface area contributed by atoms with E-state index in [0.717, 1.165) is 0 Å². The van der Waals surface area contributed by atoms with Gasteiger partial charge in [0.25, 0.3) is 0 Å². The van der Waals surface area contributed by atoms with Crippen molar-refractivity contribution in [2.45, 2.75) is 25.9 Å². The minimum atomic E-state index is -0.645. The third kappa shape index (κ3) is 3.99. The summed E-state index contributed by atoms with van der Waals surface area (Å²) in [5, 5.41) is 5.24. The van der Waals surface area contributed by atoms with E-state index in [1.807, 2.05) is 0 Å². The first kappa shape index (κ1) is 17.8. The second-order valence-corrected chi connectivity index (χ2v) is 6.22. The van der Waals surface area contributed by atoms with Crippen LogP contribution in [0.2, 0.25) is 0 Å². The largest absolute Gasteiger partial charge is 0.334 e. The quantitative estimate of drug-likeness (QED) is 0.882. The molecule has 1 atom stereocenters. The van der Waals surface area contributed by atoms with E-state index in [0.29, 0.717) is 29.8 Å². The molecule has 0 bridgehead atoms. The van der Waals surface area contributed by atoms with Crippen molar-refractivity contribution in [3.63, 3.8) is 0 Å². The van der Waals surface area contributed by atoms with E-state index in [2.05, 4.69) is 10.6 Å². The lowest BCUT2D eigenvalue weighted by Gasteiger charge is -2.18. The molecule has 2 aromatic rings. The molecular formula is C19H19F2N3O2. The Bertz CT molecular complexity index is 841. The monoisotopic (exact) mass is 359 g/mol. The third-order valence-electron chi connectivity index (χ3n) is 4.31. The first-order valence-corrected chi connectivity index (χ1v) is 8.30. The molecule has 2 N–H and O–H groups in total. The summed E-state index contributed by atoms with van der Waals surface area (Å²) in [5.41, 5.74) is 1.69. The molecular weight excluding hydrogens is 340 g/mol. The molecule has 1 fully saturated rings. The zero-order chi connectivity index (χ0) is 18.7. The molecule has 1 aliphatic heterocycles. The molecule has 3 rings (SSSR count). The Hall–Kier alpha value is -2.96. The van der Waals surface area contributed by atoms with Crippen molar-refractivity contribution in [1.29, 1.82) is 0 Å². The SMILES string of the molecule is Cc1cc(N2CC[C@H](NC(=O)NCc3cccc(F)c3)C2=O)ccc1F. The minimum Gasteiger partial charge on any atom is -0.334 e. The van der Waals surface area contributed by atoms with Crippen LogP contribution in [0.5, 0.6) is 0 Å². The average Bonchev–Trinajstić information content (AvgIpc) is 2.96. The lowest BCUT2D eigenvalue weighted by atomic mass is 10.2. The van der Waals surface area contributed by atoms with E-state index in [4.69, 9.17) is 0 Å². The van der Waals surface area contributed by atoms with Crippen molar-refractivity contribution in [1.82, 2.24) is 10.6 Å². The standard InChI is InChI=1S/C19H19F2N3O2/c1-12-9-15(5-6-16(12)21)24-8-7-17(18(24)25)23-19(26)22-11-13-3-2-4-14(20)10-13/h2-6,9-10,17H,7-8,11H2,1H3,(H2,22,23,26)/t17-/m0/s1. The Morgan fingerprint density at radius 3 is 2.77 bits per heavy atom. The fourth-order valence-corrected chi connectivity index (χ4v) is 2.91. The minimum absolute atomic E-state index is 0.158. The Kier molecular flexibility index (Phi) is 5.16. The topological polar surface area (TPSA) is 61.4 Å². The van der Waals surface area contributed by atoms with Gasteiger partial charge in [0, 0.05) is 18.8 Å². The van der Waals surface area contributed by atoms with Crippen LogP contribution in [0.15, 0.2) is 42.5 Å². The molecule has 0 unspecified atom stereocenters. The van der Waals surface area contributed by atoms with Gasteiger partial charge in [-0.15, -0.1) is 0 Å². The van der Waals surface area contributed by atoms with E-state index in [1.165, 1.54) is 23.1 Å². The van der Waals surface area contributed by atoms with Gasteiger partial charge >= 0.3 is 6.03 Å². The Labute approximate surface area is 150 Å². The predicted molar refractivity (Wildman–Crippen MR) is 93.7 cm³/mol. The van der Waals surface area contributed by atoms with E-state index in [9.17, 15) is 18.4 Å². The molecule has 0 spiro atoms. The van der Waals surface area contributed by atoms with Gasteiger partial charge in [-0.3, -0.25) is 4.79 Å². The molecule has 2 aromatic carbocycles. The summed E-state index contributed by atoms with van der Waals surface area (Å²) in [4.78, 5) is 26.0. The summed E-state index contributed by atoms with van der Waals surface area (Å²) in [6, 6.07) is 9.26. The Balaban J connectivity index is 1.56. The zero-order valence-electron chi connectivity index (χ0n) is 14.3. The number of amides is 3. The van der Waals surface area contributed by atoms with Gasteiger partial charge in [0.2, 0.25) is 5.91 Å². The van der Waals surface area contributed by atoms with Crippen LogP contribution >= 0.6 is 0 Å². The number of hydrogen-bond donors (Lipinski definition) is 2. The number of halogens is 2. The van der Waals surface area contributed by atoms with Crippen LogP contribution in [-0.4, -0.2) is 24.5 Å². The first-order chi connectivity index (χ1) is 12.4. The summed E-state index contributed by atoms with van der Waals surface area (Å²) < 4.78 is 26.5. The third-order valence-corrected chi connectivity index (χ3v) is 4.31. The summed E-state index contributed by atoms with van der Waals surface area (Å²) in [6.07, 6.45) is 0.461. The van der Waals surface area contributed by atoms with Crippen LogP contribution in [-0.2, 0) is 11.3 Å². The summed E-state index contributed by atoms with van der Waals surface area (Å²) >= 11 is 0. The number of urea groups is 1. The number of hydrogen-bond acceptors (Lipinski definition) is 2. The molecule has 0 saturated carbocycles. The van der Waals surface area contributed by atoms with Gasteiger partial charge in [0.05, 0.1) is 0 Å². The van der Waals surface area contributed by atoms with Crippen molar-refractivity contribution in [2.75, 3.05) is 11.4 Å². The van der Waals surface area contributed by atoms with E-state index in [1.54, 1.807) is 31.2 Å². The highest BCUT2D eigenvalue weighted by Gasteiger charge is 2.33. The molecule has 3 amide bonds. The fraction of sp³-hybridized carbons (Fsp3) is 0.263. The van der Waals surface area contributed by atoms with Gasteiger partial charge in [-0.05, 0) is 54.8 Å². The van der Waals surface area contributed by atoms with Crippen LogP contribution in [0.3, 0.4) is 0 Å². The molecule has 1 saturated heterocycles. The van der Waals surface area contributed by atoms with Gasteiger partial charge in [0.15, 0.2) is 0 Å². The lowest BCUT2D eigenvalue weighted by molar-refractivity contribution is -0.118. The second kappa shape index (κ2) is 7.51. The summed E-state index contributed by atoms with van der Waals surface area (Å²) in [5.74, 6) is -0.940. The molecule has 1 aliphatic rings. The van der Waals surface area contributed by atoms with Crippen LogP contribution in [0.4, 0.5) is 19.3 Å². The van der Waals surface area contributed by atoms with Crippen molar-refractivity contribution in [2.24, 2.45) is 0 Å². The van der Waals surface area contributed by atoms with Gasteiger partial charge in [-0.1, -0.05) is 12.1 Å². The maximum Gasteiger partial charge on any atom is 0.315 e. The van der Waals surface area contributed by atoms with Crippen molar-refractivity contribution in [3.8, 4) is 0 Å². The smallest absolute Gasteiger partial charge is 0.315 e. The number of carbonyl (C=O) groups is 2. The summed E-state index contributed by atoms with van der Waals surface area (Å²) in [7, 11) is 0. The van der Waals surface area contributed by atoms with Crippen LogP contribution in [0.1, 0.15) is 17.5 Å². The highest BCUT2D eigenvalue weighted by Crippen LogP contribution is 2.23. The maximum atomic E-state index is 13.4. The highest BCUT2D eigenvalue weighted by atomic mass is 19.1. The van der Waals surface area contributed by atoms with E-state index in [-0.39, 0.29) is 24.1 Å². The molecule has 136 valence electrons. The lowest BCUT2D eigenvalue weighted by Crippen LogP contribution is -2.46. The van der Waals surface area contributed by atoms with Gasteiger partial charge in [0.1, 0.15) is 17.7 Å². The van der Waals surface area contributed by atoms with Crippen molar-refractivity contribution >= 4 is 17.6 Å². The molecule has 0 radical (unpaired) electrons. The van der Waals surface area contributed by atoms with Crippen molar-refractivity contribution < 1.29 is 18.4 Å². The Morgan fingerprint density at radius 1 is 1.23 bits per heavy atom. The molecule has 26 heavy (non-hydrogen) atoms. The van der Waals surface area contributed by atoms with Gasteiger partial charge in [-0.2, -0.15) is 0 Å². The van der Waals surface area contributed by atoms with Crippen LogP contribution in [0.25, 0.3) is 0 Å². The number of nitrogens with zero attached hydrogens (tertiary/aromatic N) is 1. The van der Waals surface area contributed by atoms with Crippen LogP contribution < -0.4 is 15.5 Å². The van der Waals surface area contributed by atoms with Gasteiger partial charge in [-0.25, -0.2) is 13.6 Å². The highest BCUT2D eigenvalue weighted by molar-refractivity contribution is 6.01. The molecule has 7 heteroatoms. The number of aryl methyl sites for hydroxylation is 1.